The molecule has 0 aromatic rings. The summed E-state index contributed by atoms with van der Waals surface area (Å²) in [6.07, 6.45) is 78.4. The molecule has 5 atom stereocenters. The van der Waals surface area contributed by atoms with Crippen LogP contribution in [0.15, 0.2) is 85.1 Å². The highest BCUT2D eigenvalue weighted by Crippen LogP contribution is 2.45. The van der Waals surface area contributed by atoms with E-state index in [9.17, 15) is 43.2 Å². The normalized spacial score (nSPS) is 14.3. The monoisotopic (exact) mass is 1480 g/mol. The van der Waals surface area contributed by atoms with Crippen LogP contribution in [0.3, 0.4) is 0 Å². The number of hydrogen-bond acceptors (Lipinski definition) is 15. The van der Waals surface area contributed by atoms with Gasteiger partial charge < -0.3 is 33.8 Å². The fourth-order valence-electron chi connectivity index (χ4n) is 11.2. The lowest BCUT2D eigenvalue weighted by Crippen LogP contribution is -2.30. The molecule has 0 bridgehead atoms. The van der Waals surface area contributed by atoms with Gasteiger partial charge in [0.2, 0.25) is 0 Å². The van der Waals surface area contributed by atoms with Gasteiger partial charge in [-0.25, -0.2) is 9.13 Å². The van der Waals surface area contributed by atoms with Crippen molar-refractivity contribution in [3.8, 4) is 0 Å². The summed E-state index contributed by atoms with van der Waals surface area (Å²) in [6.45, 7) is 4.68. The lowest BCUT2D eigenvalue weighted by atomic mass is 10.0. The van der Waals surface area contributed by atoms with Crippen molar-refractivity contribution in [2.75, 3.05) is 39.6 Å². The number of allylic oxidation sites excluding steroid dienone is 14. The third kappa shape index (κ3) is 74.5. The highest BCUT2D eigenvalue weighted by molar-refractivity contribution is 7.47. The van der Waals surface area contributed by atoms with Gasteiger partial charge in [0.25, 0.3) is 0 Å². The summed E-state index contributed by atoms with van der Waals surface area (Å²) < 4.78 is 68.7. The standard InChI is InChI=1S/C83H148O17P2/c1-5-9-13-17-21-25-29-33-37-38-42-44-48-52-56-60-64-68-81(86)94-74-79(100-83(88)70-66-62-58-54-50-46-41-36-32-28-24-20-16-12-8-4)76-98-102(91,92)96-72-77(84)71-95-101(89,90)97-75-78(99-82(87)69-65-61-57-53-49-45-40-35-31-27-23-19-15-11-7-3)73-93-80(85)67-63-59-55-51-47-43-39-34-30-26-22-18-14-10-6-2/h9,12-13,16,21,24-25,28,33-34,36-37,39,41,77-79,84H,5-8,10-11,14-15,17-20,22-23,26-27,29-32,35,38,40,42-76H2,1-4H3,(H,89,90)(H,91,92)/b13-9-,16-12-,25-21-,28-24-,37-33-,39-34-,41-36-. The Bertz CT molecular complexity index is 2260. The number of phosphoric acid groups is 2. The molecule has 19 heteroatoms. The minimum Gasteiger partial charge on any atom is -0.462 e. The SMILES string of the molecule is CC/C=C\C/C=C\C/C=C\CCCCCCCCCC(=O)OCC(COP(=O)(O)OCC(O)COP(=O)(O)OCC(COC(=O)CCCCCCC/C=C\CCCCCCCC)OC(=O)CCCCCCCCCCCCCCCCC)OC(=O)CCCCCCC/C=C\C/C=C\C/C=C\CC. The smallest absolute Gasteiger partial charge is 0.462 e. The van der Waals surface area contributed by atoms with E-state index in [0.717, 1.165) is 180 Å². The van der Waals surface area contributed by atoms with Crippen molar-refractivity contribution in [3.05, 3.63) is 85.1 Å². The van der Waals surface area contributed by atoms with Gasteiger partial charge in [0.05, 0.1) is 26.4 Å². The van der Waals surface area contributed by atoms with E-state index in [0.29, 0.717) is 25.7 Å². The average molecular weight is 1480 g/mol. The second kappa shape index (κ2) is 75.5. The third-order valence-corrected chi connectivity index (χ3v) is 19.3. The Labute approximate surface area is 621 Å². The maximum atomic E-state index is 13.1. The Balaban J connectivity index is 5.35. The minimum absolute atomic E-state index is 0.0743. The maximum Gasteiger partial charge on any atom is 0.472 e. The fourth-order valence-corrected chi connectivity index (χ4v) is 12.8. The highest BCUT2D eigenvalue weighted by Gasteiger charge is 2.30. The molecule has 3 N–H and O–H groups in total. The summed E-state index contributed by atoms with van der Waals surface area (Å²) in [7, 11) is -9.96. The summed E-state index contributed by atoms with van der Waals surface area (Å²) in [4.78, 5) is 73.1. The number of unbranched alkanes of at least 4 members (excludes halogenated alkanes) is 37. The van der Waals surface area contributed by atoms with Gasteiger partial charge in [-0.2, -0.15) is 0 Å². The van der Waals surface area contributed by atoms with E-state index in [1.807, 2.05) is 0 Å². The third-order valence-electron chi connectivity index (χ3n) is 17.4. The van der Waals surface area contributed by atoms with Crippen molar-refractivity contribution in [1.29, 1.82) is 0 Å². The van der Waals surface area contributed by atoms with Gasteiger partial charge in [-0.05, 0) is 116 Å². The van der Waals surface area contributed by atoms with E-state index in [1.54, 1.807) is 0 Å². The Hall–Kier alpha value is -3.76. The summed E-state index contributed by atoms with van der Waals surface area (Å²) in [5.74, 6) is -2.19. The first-order valence-electron chi connectivity index (χ1n) is 40.8. The second-order valence-electron chi connectivity index (χ2n) is 27.3. The van der Waals surface area contributed by atoms with Crippen LogP contribution in [0.2, 0.25) is 0 Å². The van der Waals surface area contributed by atoms with Gasteiger partial charge >= 0.3 is 39.5 Å². The lowest BCUT2D eigenvalue weighted by Gasteiger charge is -2.21. The van der Waals surface area contributed by atoms with E-state index in [4.69, 9.17) is 37.0 Å². The number of esters is 4. The predicted molar refractivity (Wildman–Crippen MR) is 418 cm³/mol. The zero-order valence-electron chi connectivity index (χ0n) is 64.8. The van der Waals surface area contributed by atoms with E-state index in [1.165, 1.54) is 103 Å². The molecule has 0 aromatic heterocycles. The van der Waals surface area contributed by atoms with Gasteiger partial charge in [0.1, 0.15) is 19.3 Å². The van der Waals surface area contributed by atoms with Gasteiger partial charge in [0.15, 0.2) is 12.2 Å². The quantitative estimate of drug-likeness (QED) is 0.0169. The minimum atomic E-state index is -4.98. The molecule has 0 aliphatic heterocycles. The van der Waals surface area contributed by atoms with Crippen LogP contribution in [-0.2, 0) is 65.4 Å². The molecular formula is C83H148O17P2. The lowest BCUT2D eigenvalue weighted by molar-refractivity contribution is -0.161. The van der Waals surface area contributed by atoms with E-state index in [2.05, 4.69) is 113 Å². The number of aliphatic hydroxyl groups is 1. The number of hydrogen-bond donors (Lipinski definition) is 3. The number of phosphoric ester groups is 2. The number of aliphatic hydroxyl groups excluding tert-OH is 1. The summed E-state index contributed by atoms with van der Waals surface area (Å²) in [6, 6.07) is 0. The van der Waals surface area contributed by atoms with Gasteiger partial charge in [-0.15, -0.1) is 0 Å². The Morgan fingerprint density at radius 2 is 0.510 bits per heavy atom. The first-order chi connectivity index (χ1) is 49.7. The Morgan fingerprint density at radius 3 is 0.794 bits per heavy atom. The zero-order chi connectivity index (χ0) is 74.6. The number of rotatable bonds is 77. The Kier molecular flexibility index (Phi) is 72.7. The van der Waals surface area contributed by atoms with Gasteiger partial charge in [-0.3, -0.25) is 37.3 Å². The van der Waals surface area contributed by atoms with E-state index in [-0.39, 0.29) is 25.7 Å². The highest BCUT2D eigenvalue weighted by atomic mass is 31.2. The molecule has 0 fully saturated rings. The molecule has 0 saturated carbocycles. The molecule has 17 nitrogen and oxygen atoms in total. The fraction of sp³-hybridized carbons (Fsp3) is 0.783. The zero-order valence-corrected chi connectivity index (χ0v) is 66.6. The van der Waals surface area contributed by atoms with Crippen LogP contribution in [0, 0.1) is 0 Å². The molecule has 0 rings (SSSR count). The average Bonchev–Trinajstić information content (AvgIpc) is 0.923. The summed E-state index contributed by atoms with van der Waals surface area (Å²) in [5, 5.41) is 10.6. The topological polar surface area (TPSA) is 237 Å². The summed E-state index contributed by atoms with van der Waals surface area (Å²) >= 11 is 0. The second-order valence-corrected chi connectivity index (χ2v) is 30.2. The molecule has 0 aliphatic rings. The summed E-state index contributed by atoms with van der Waals surface area (Å²) in [5.41, 5.74) is 0. The van der Waals surface area contributed by atoms with Crippen molar-refractivity contribution in [1.82, 2.24) is 0 Å². The van der Waals surface area contributed by atoms with Crippen molar-refractivity contribution in [3.63, 3.8) is 0 Å². The molecule has 0 aromatic carbocycles. The van der Waals surface area contributed by atoms with Crippen LogP contribution in [-0.4, -0.2) is 96.7 Å². The molecule has 0 saturated heterocycles. The molecule has 0 amide bonds. The number of carbonyl (C=O) groups excluding carboxylic acids is 4. The van der Waals surface area contributed by atoms with Crippen molar-refractivity contribution >= 4 is 39.5 Å². The number of carbonyl (C=O) groups is 4. The molecule has 0 aliphatic carbocycles. The van der Waals surface area contributed by atoms with Crippen LogP contribution < -0.4 is 0 Å². The van der Waals surface area contributed by atoms with Crippen LogP contribution >= 0.6 is 15.6 Å². The molecular weight excluding hydrogens is 1330 g/mol. The molecule has 5 unspecified atom stereocenters. The Morgan fingerprint density at radius 1 is 0.284 bits per heavy atom. The largest absolute Gasteiger partial charge is 0.472 e. The van der Waals surface area contributed by atoms with E-state index < -0.39 is 97.5 Å². The maximum absolute atomic E-state index is 13.1. The van der Waals surface area contributed by atoms with Crippen molar-refractivity contribution in [2.24, 2.45) is 0 Å². The molecule has 102 heavy (non-hydrogen) atoms. The van der Waals surface area contributed by atoms with Crippen LogP contribution in [0.5, 0.6) is 0 Å². The first kappa shape index (κ1) is 98.2. The predicted octanol–water partition coefficient (Wildman–Crippen LogP) is 23.8. The van der Waals surface area contributed by atoms with Crippen molar-refractivity contribution in [2.45, 2.75) is 380 Å². The van der Waals surface area contributed by atoms with E-state index >= 15 is 0 Å². The molecule has 592 valence electrons. The molecule has 0 heterocycles. The van der Waals surface area contributed by atoms with Gasteiger partial charge in [0, 0.05) is 25.7 Å². The van der Waals surface area contributed by atoms with Crippen LogP contribution in [0.4, 0.5) is 0 Å². The molecule has 0 radical (unpaired) electrons. The first-order valence-corrected chi connectivity index (χ1v) is 43.8. The number of ether oxygens (including phenoxy) is 4. The van der Waals surface area contributed by atoms with Gasteiger partial charge in [-0.1, -0.05) is 305 Å². The molecule has 0 spiro atoms. The van der Waals surface area contributed by atoms with Crippen LogP contribution in [0.1, 0.15) is 362 Å². The van der Waals surface area contributed by atoms with Crippen LogP contribution in [0.25, 0.3) is 0 Å². The van der Waals surface area contributed by atoms with Crippen molar-refractivity contribution < 1.29 is 80.2 Å².